The number of anilines is 1. The molecule has 0 radical (unpaired) electrons. The van der Waals surface area contributed by atoms with Crippen molar-refractivity contribution in [3.05, 3.63) is 76.3 Å². The Morgan fingerprint density at radius 3 is 2.94 bits per heavy atom. The molecule has 0 saturated carbocycles. The van der Waals surface area contributed by atoms with Crippen LogP contribution in [0.3, 0.4) is 0 Å². The van der Waals surface area contributed by atoms with E-state index >= 15 is 0 Å². The maximum atomic E-state index is 13.9. The number of aromatic nitrogens is 4. The average Bonchev–Trinajstić information content (AvgIpc) is 3.23. The van der Waals surface area contributed by atoms with Crippen molar-refractivity contribution < 1.29 is 0 Å². The second-order valence-electron chi connectivity index (χ2n) is 9.37. The number of piperidine rings is 1. The molecule has 4 heterocycles. The number of imidazole rings is 1. The van der Waals surface area contributed by atoms with E-state index in [1.807, 2.05) is 36.7 Å². The van der Waals surface area contributed by atoms with Crippen LogP contribution in [0, 0.1) is 5.92 Å². The van der Waals surface area contributed by atoms with Crippen LogP contribution in [0.2, 0.25) is 0 Å². The van der Waals surface area contributed by atoms with Crippen molar-refractivity contribution >= 4 is 39.5 Å². The van der Waals surface area contributed by atoms with Gasteiger partial charge in [0.2, 0.25) is 5.95 Å². The van der Waals surface area contributed by atoms with E-state index in [-0.39, 0.29) is 17.5 Å². The van der Waals surface area contributed by atoms with Gasteiger partial charge in [0.05, 0.1) is 17.8 Å². The van der Waals surface area contributed by atoms with Gasteiger partial charge in [-0.3, -0.25) is 9.78 Å². The molecule has 2 atom stereocenters. The SMILES string of the molecule is CS/C=C\C(C)Cn1c(N2CCCC(N)C2)nc2ccn(Cc3nccc4ccccc34)c(=O)c21. The predicted octanol–water partition coefficient (Wildman–Crippen LogP) is 4.23. The molecule has 1 aliphatic rings. The molecule has 182 valence electrons. The number of nitrogens with two attached hydrogens (primary N) is 1. The molecule has 1 saturated heterocycles. The zero-order valence-electron chi connectivity index (χ0n) is 20.3. The van der Waals surface area contributed by atoms with Gasteiger partial charge >= 0.3 is 0 Å². The molecule has 2 N–H and O–H groups in total. The standard InChI is InChI=1S/C27H32N6OS/c1-19(11-15-35-2)16-33-25-23(30-27(33)32-13-5-7-21(28)17-32)10-14-31(26(25)34)18-24-22-8-4-3-6-20(22)9-12-29-24/h3-4,6,8-12,14-15,19,21H,5,7,13,16-18,28H2,1-2H3/b15-11-. The van der Waals surface area contributed by atoms with E-state index in [2.05, 4.69) is 51.2 Å². The summed E-state index contributed by atoms with van der Waals surface area (Å²) in [6.45, 7) is 4.92. The Labute approximate surface area is 209 Å². The number of benzene rings is 1. The largest absolute Gasteiger partial charge is 0.341 e. The summed E-state index contributed by atoms with van der Waals surface area (Å²) in [7, 11) is 0. The molecule has 1 fully saturated rings. The van der Waals surface area contributed by atoms with Gasteiger partial charge in [0, 0.05) is 43.5 Å². The van der Waals surface area contributed by atoms with Gasteiger partial charge in [0.25, 0.3) is 5.56 Å². The lowest BCUT2D eigenvalue weighted by molar-refractivity contribution is 0.486. The highest BCUT2D eigenvalue weighted by Crippen LogP contribution is 2.25. The molecule has 0 amide bonds. The number of hydrogen-bond acceptors (Lipinski definition) is 6. The molecular weight excluding hydrogens is 456 g/mol. The highest BCUT2D eigenvalue weighted by molar-refractivity contribution is 8.01. The van der Waals surface area contributed by atoms with Gasteiger partial charge in [-0.05, 0) is 47.9 Å². The average molecular weight is 489 g/mol. The summed E-state index contributed by atoms with van der Waals surface area (Å²) in [4.78, 5) is 25.6. The fourth-order valence-corrected chi connectivity index (χ4v) is 5.35. The number of rotatable bonds is 7. The summed E-state index contributed by atoms with van der Waals surface area (Å²) in [5, 5.41) is 4.29. The first kappa shape index (κ1) is 23.6. The summed E-state index contributed by atoms with van der Waals surface area (Å²) < 4.78 is 3.86. The molecule has 35 heavy (non-hydrogen) atoms. The van der Waals surface area contributed by atoms with E-state index in [1.165, 1.54) is 0 Å². The second-order valence-corrected chi connectivity index (χ2v) is 10.1. The third kappa shape index (κ3) is 4.86. The molecule has 0 aliphatic carbocycles. The van der Waals surface area contributed by atoms with Gasteiger partial charge < -0.3 is 19.8 Å². The van der Waals surface area contributed by atoms with Gasteiger partial charge in [-0.1, -0.05) is 37.3 Å². The van der Waals surface area contributed by atoms with Crippen molar-refractivity contribution in [1.82, 2.24) is 19.1 Å². The van der Waals surface area contributed by atoms with Crippen LogP contribution >= 0.6 is 11.8 Å². The number of thioether (sulfide) groups is 1. The monoisotopic (exact) mass is 488 g/mol. The fourth-order valence-electron chi connectivity index (χ4n) is 4.93. The van der Waals surface area contributed by atoms with Crippen LogP contribution in [0.25, 0.3) is 21.8 Å². The Hall–Kier alpha value is -3.10. The smallest absolute Gasteiger partial charge is 0.277 e. The van der Waals surface area contributed by atoms with Crippen molar-refractivity contribution in [2.45, 2.75) is 38.9 Å². The Kier molecular flexibility index (Phi) is 6.92. The quantitative estimate of drug-likeness (QED) is 0.419. The fraction of sp³-hybridized carbons (Fsp3) is 0.370. The lowest BCUT2D eigenvalue weighted by Crippen LogP contribution is -2.44. The Bertz CT molecular complexity index is 1420. The number of hydrogen-bond donors (Lipinski definition) is 1. The van der Waals surface area contributed by atoms with E-state index in [0.29, 0.717) is 18.6 Å². The van der Waals surface area contributed by atoms with Crippen molar-refractivity contribution in [1.29, 1.82) is 0 Å². The van der Waals surface area contributed by atoms with Crippen LogP contribution in [0.1, 0.15) is 25.5 Å². The Morgan fingerprint density at radius 1 is 1.26 bits per heavy atom. The molecular formula is C27H32N6OS. The number of nitrogens with zero attached hydrogens (tertiary/aromatic N) is 5. The lowest BCUT2D eigenvalue weighted by Gasteiger charge is -2.32. The van der Waals surface area contributed by atoms with E-state index in [4.69, 9.17) is 10.7 Å². The van der Waals surface area contributed by atoms with Crippen molar-refractivity contribution in [3.8, 4) is 0 Å². The minimum Gasteiger partial charge on any atom is -0.341 e. The normalized spacial score (nSPS) is 17.6. The maximum absolute atomic E-state index is 13.9. The first-order valence-electron chi connectivity index (χ1n) is 12.2. The van der Waals surface area contributed by atoms with Crippen LogP contribution in [0.4, 0.5) is 5.95 Å². The zero-order valence-corrected chi connectivity index (χ0v) is 21.1. The topological polar surface area (TPSA) is 82.0 Å². The second kappa shape index (κ2) is 10.3. The van der Waals surface area contributed by atoms with Gasteiger partial charge in [-0.25, -0.2) is 4.98 Å². The van der Waals surface area contributed by atoms with Crippen molar-refractivity contribution in [2.24, 2.45) is 11.7 Å². The molecule has 5 rings (SSSR count). The third-order valence-corrected chi connectivity index (χ3v) is 7.11. The van der Waals surface area contributed by atoms with Crippen LogP contribution in [-0.2, 0) is 13.1 Å². The molecule has 0 spiro atoms. The van der Waals surface area contributed by atoms with Crippen molar-refractivity contribution in [2.75, 3.05) is 24.2 Å². The van der Waals surface area contributed by atoms with E-state index < -0.39 is 0 Å². The van der Waals surface area contributed by atoms with Gasteiger partial charge in [0.1, 0.15) is 5.52 Å². The molecule has 8 heteroatoms. The first-order chi connectivity index (χ1) is 17.0. The summed E-state index contributed by atoms with van der Waals surface area (Å²) in [5.74, 6) is 1.10. The minimum atomic E-state index is -0.0432. The van der Waals surface area contributed by atoms with Crippen molar-refractivity contribution in [3.63, 3.8) is 0 Å². The molecule has 4 aromatic rings. The van der Waals surface area contributed by atoms with E-state index in [0.717, 1.165) is 53.9 Å². The van der Waals surface area contributed by atoms with Gasteiger partial charge in [-0.2, -0.15) is 0 Å². The summed E-state index contributed by atoms with van der Waals surface area (Å²) in [6, 6.07) is 12.2. The summed E-state index contributed by atoms with van der Waals surface area (Å²) in [6.07, 6.45) is 9.94. The Morgan fingerprint density at radius 2 is 2.11 bits per heavy atom. The van der Waals surface area contributed by atoms with Crippen LogP contribution < -0.4 is 16.2 Å². The van der Waals surface area contributed by atoms with Crippen LogP contribution in [0.15, 0.2) is 65.1 Å². The molecule has 1 aromatic carbocycles. The highest BCUT2D eigenvalue weighted by Gasteiger charge is 2.25. The Balaban J connectivity index is 1.60. The molecule has 2 unspecified atom stereocenters. The lowest BCUT2D eigenvalue weighted by atomic mass is 10.1. The number of allylic oxidation sites excluding steroid dienone is 1. The molecule has 1 aliphatic heterocycles. The molecule has 0 bridgehead atoms. The zero-order chi connectivity index (χ0) is 24.4. The number of pyridine rings is 2. The van der Waals surface area contributed by atoms with Crippen LogP contribution in [-0.4, -0.2) is 44.5 Å². The van der Waals surface area contributed by atoms with Gasteiger partial charge in [0.15, 0.2) is 0 Å². The third-order valence-electron chi connectivity index (χ3n) is 6.68. The number of fused-ring (bicyclic) bond motifs is 2. The van der Waals surface area contributed by atoms with Crippen LogP contribution in [0.5, 0.6) is 0 Å². The summed E-state index contributed by atoms with van der Waals surface area (Å²) in [5.41, 5.74) is 8.51. The van der Waals surface area contributed by atoms with E-state index in [1.54, 1.807) is 16.3 Å². The minimum absolute atomic E-state index is 0.0432. The molecule has 7 nitrogen and oxygen atoms in total. The van der Waals surface area contributed by atoms with E-state index in [9.17, 15) is 4.79 Å². The molecule has 3 aromatic heterocycles. The first-order valence-corrected chi connectivity index (χ1v) is 13.5. The van der Waals surface area contributed by atoms with Gasteiger partial charge in [-0.15, -0.1) is 11.8 Å². The predicted molar refractivity (Wildman–Crippen MR) is 146 cm³/mol. The highest BCUT2D eigenvalue weighted by atomic mass is 32.2. The summed E-state index contributed by atoms with van der Waals surface area (Å²) >= 11 is 1.68. The maximum Gasteiger partial charge on any atom is 0.277 e.